The van der Waals surface area contributed by atoms with Gasteiger partial charge in [0.1, 0.15) is 7.85 Å². The van der Waals surface area contributed by atoms with Crippen LogP contribution in [0, 0.1) is 0 Å². The summed E-state index contributed by atoms with van der Waals surface area (Å²) in [6.45, 7) is 0.726. The number of rotatable bonds is 4. The van der Waals surface area contributed by atoms with E-state index >= 15 is 0 Å². The summed E-state index contributed by atoms with van der Waals surface area (Å²) in [5.41, 5.74) is 8.25. The standard InChI is InChI=1S/C18H19BN2O2/c19-13-8-9-15(20)14(11-13)18(22)21-17(16-7-4-10-23-16)12-5-2-1-3-6-12/h1-3,5-6,8-9,11,16-17H,4,7,10,20H2,(H,21,22). The normalized spacial score (nSPS) is 18.5. The van der Waals surface area contributed by atoms with Gasteiger partial charge in [-0.05, 0) is 24.5 Å². The molecule has 2 atom stereocenters. The highest BCUT2D eigenvalue weighted by Crippen LogP contribution is 2.27. The monoisotopic (exact) mass is 306 g/mol. The Morgan fingerprint density at radius 3 is 2.74 bits per heavy atom. The van der Waals surface area contributed by atoms with Crippen LogP contribution in [0.15, 0.2) is 48.5 Å². The van der Waals surface area contributed by atoms with Crippen molar-refractivity contribution in [3.05, 3.63) is 59.7 Å². The van der Waals surface area contributed by atoms with Crippen LogP contribution in [0.25, 0.3) is 0 Å². The van der Waals surface area contributed by atoms with E-state index in [0.29, 0.717) is 16.7 Å². The van der Waals surface area contributed by atoms with E-state index in [1.54, 1.807) is 18.2 Å². The molecule has 5 heteroatoms. The van der Waals surface area contributed by atoms with Gasteiger partial charge in [-0.15, -0.1) is 0 Å². The van der Waals surface area contributed by atoms with Crippen LogP contribution in [0.3, 0.4) is 0 Å². The third-order valence-corrected chi connectivity index (χ3v) is 4.10. The van der Waals surface area contributed by atoms with Crippen molar-refractivity contribution in [2.45, 2.75) is 25.0 Å². The summed E-state index contributed by atoms with van der Waals surface area (Å²) in [5.74, 6) is -0.237. The summed E-state index contributed by atoms with van der Waals surface area (Å²) >= 11 is 0. The van der Waals surface area contributed by atoms with Crippen LogP contribution < -0.4 is 16.5 Å². The zero-order chi connectivity index (χ0) is 16.2. The van der Waals surface area contributed by atoms with E-state index < -0.39 is 0 Å². The number of carbonyl (C=O) groups is 1. The lowest BCUT2D eigenvalue weighted by molar-refractivity contribution is 0.0673. The van der Waals surface area contributed by atoms with Gasteiger partial charge in [0, 0.05) is 12.3 Å². The maximum Gasteiger partial charge on any atom is 0.253 e. The fourth-order valence-electron chi connectivity index (χ4n) is 2.91. The largest absolute Gasteiger partial charge is 0.398 e. The highest BCUT2D eigenvalue weighted by molar-refractivity contribution is 6.33. The first kappa shape index (κ1) is 15.6. The Labute approximate surface area is 137 Å². The zero-order valence-electron chi connectivity index (χ0n) is 12.9. The molecule has 1 aliphatic heterocycles. The van der Waals surface area contributed by atoms with Gasteiger partial charge in [0.15, 0.2) is 0 Å². The molecule has 0 aliphatic carbocycles. The minimum Gasteiger partial charge on any atom is -0.398 e. The predicted molar refractivity (Wildman–Crippen MR) is 91.9 cm³/mol. The molecule has 1 heterocycles. The fourth-order valence-corrected chi connectivity index (χ4v) is 2.91. The minimum absolute atomic E-state index is 0.0244. The maximum absolute atomic E-state index is 12.7. The zero-order valence-corrected chi connectivity index (χ0v) is 12.9. The second-order valence-corrected chi connectivity index (χ2v) is 5.76. The van der Waals surface area contributed by atoms with Crippen LogP contribution in [-0.4, -0.2) is 26.5 Å². The van der Waals surface area contributed by atoms with Crippen LogP contribution >= 0.6 is 0 Å². The van der Waals surface area contributed by atoms with Gasteiger partial charge >= 0.3 is 0 Å². The molecule has 1 amide bonds. The van der Waals surface area contributed by atoms with Gasteiger partial charge in [0.2, 0.25) is 0 Å². The summed E-state index contributed by atoms with van der Waals surface area (Å²) in [7, 11) is 5.77. The molecule has 0 bridgehead atoms. The number of nitrogens with two attached hydrogens (primary N) is 1. The van der Waals surface area contributed by atoms with Gasteiger partial charge in [-0.2, -0.15) is 0 Å². The molecule has 0 aromatic heterocycles. The van der Waals surface area contributed by atoms with Crippen LogP contribution in [0.4, 0.5) is 5.69 Å². The van der Waals surface area contributed by atoms with Crippen molar-refractivity contribution in [3.8, 4) is 0 Å². The first-order chi connectivity index (χ1) is 11.1. The molecule has 1 fully saturated rings. The quantitative estimate of drug-likeness (QED) is 0.668. The average Bonchev–Trinajstić information content (AvgIpc) is 3.09. The van der Waals surface area contributed by atoms with Crippen molar-refractivity contribution in [3.63, 3.8) is 0 Å². The van der Waals surface area contributed by atoms with Gasteiger partial charge in [-0.1, -0.05) is 47.9 Å². The molecule has 1 saturated heterocycles. The Kier molecular flexibility index (Phi) is 4.67. The van der Waals surface area contributed by atoms with E-state index in [0.717, 1.165) is 25.0 Å². The van der Waals surface area contributed by atoms with Crippen molar-refractivity contribution in [1.82, 2.24) is 5.32 Å². The molecular weight excluding hydrogens is 287 g/mol. The van der Waals surface area contributed by atoms with Crippen molar-refractivity contribution in [1.29, 1.82) is 0 Å². The Morgan fingerprint density at radius 1 is 1.26 bits per heavy atom. The molecule has 3 rings (SSSR count). The Bertz CT molecular complexity index is 685. The summed E-state index contributed by atoms with van der Waals surface area (Å²) in [6.07, 6.45) is 1.90. The second-order valence-electron chi connectivity index (χ2n) is 5.76. The van der Waals surface area contributed by atoms with Crippen molar-refractivity contribution in [2.24, 2.45) is 0 Å². The van der Waals surface area contributed by atoms with E-state index in [9.17, 15) is 4.79 Å². The lowest BCUT2D eigenvalue weighted by Crippen LogP contribution is -2.36. The number of ether oxygens (including phenoxy) is 1. The molecular formula is C18H19BN2O2. The molecule has 3 N–H and O–H groups in total. The van der Waals surface area contributed by atoms with Gasteiger partial charge in [-0.3, -0.25) is 4.79 Å². The first-order valence-corrected chi connectivity index (χ1v) is 7.77. The van der Waals surface area contributed by atoms with Crippen LogP contribution in [0.1, 0.15) is 34.8 Å². The highest BCUT2D eigenvalue weighted by Gasteiger charge is 2.29. The van der Waals surface area contributed by atoms with E-state index in [2.05, 4.69) is 5.32 Å². The highest BCUT2D eigenvalue weighted by atomic mass is 16.5. The van der Waals surface area contributed by atoms with Gasteiger partial charge in [-0.25, -0.2) is 0 Å². The fraction of sp³-hybridized carbons (Fsp3) is 0.278. The number of amides is 1. The van der Waals surface area contributed by atoms with Gasteiger partial charge < -0.3 is 15.8 Å². The minimum atomic E-state index is -0.237. The molecule has 116 valence electrons. The van der Waals surface area contributed by atoms with E-state index in [1.807, 2.05) is 30.3 Å². The molecule has 0 saturated carbocycles. The molecule has 23 heavy (non-hydrogen) atoms. The number of anilines is 1. The first-order valence-electron chi connectivity index (χ1n) is 7.77. The summed E-state index contributed by atoms with van der Waals surface area (Å²) in [4.78, 5) is 12.7. The van der Waals surface area contributed by atoms with Crippen molar-refractivity contribution >= 4 is 24.9 Å². The molecule has 0 spiro atoms. The number of nitrogens with one attached hydrogen (secondary N) is 1. The molecule has 4 nitrogen and oxygen atoms in total. The number of benzene rings is 2. The topological polar surface area (TPSA) is 64.4 Å². The SMILES string of the molecule is [B]c1ccc(N)c(C(=O)NC(c2ccccc2)C2CCCO2)c1. The summed E-state index contributed by atoms with van der Waals surface area (Å²) < 4.78 is 5.79. The maximum atomic E-state index is 12.7. The third-order valence-electron chi connectivity index (χ3n) is 4.10. The molecule has 2 radical (unpaired) electrons. The van der Waals surface area contributed by atoms with Crippen LogP contribution in [-0.2, 0) is 4.74 Å². The smallest absolute Gasteiger partial charge is 0.253 e. The van der Waals surface area contributed by atoms with E-state index in [1.165, 1.54) is 0 Å². The van der Waals surface area contributed by atoms with Crippen molar-refractivity contribution in [2.75, 3.05) is 12.3 Å². The van der Waals surface area contributed by atoms with Gasteiger partial charge in [0.25, 0.3) is 5.91 Å². The van der Waals surface area contributed by atoms with Crippen LogP contribution in [0.5, 0.6) is 0 Å². The number of hydrogen-bond acceptors (Lipinski definition) is 3. The van der Waals surface area contributed by atoms with Crippen molar-refractivity contribution < 1.29 is 9.53 Å². The summed E-state index contributed by atoms with van der Waals surface area (Å²) in [5, 5.41) is 3.06. The Morgan fingerprint density at radius 2 is 2.04 bits per heavy atom. The Hall–Kier alpha value is -2.27. The predicted octanol–water partition coefficient (Wildman–Crippen LogP) is 1.71. The van der Waals surface area contributed by atoms with E-state index in [-0.39, 0.29) is 18.1 Å². The summed E-state index contributed by atoms with van der Waals surface area (Å²) in [6, 6.07) is 14.6. The number of carbonyl (C=O) groups excluding carboxylic acids is 1. The lowest BCUT2D eigenvalue weighted by atomic mass is 9.93. The molecule has 2 aromatic rings. The lowest BCUT2D eigenvalue weighted by Gasteiger charge is -2.25. The molecule has 1 aliphatic rings. The average molecular weight is 306 g/mol. The van der Waals surface area contributed by atoms with Crippen LogP contribution in [0.2, 0.25) is 0 Å². The second kappa shape index (κ2) is 6.88. The number of hydrogen-bond donors (Lipinski definition) is 2. The Balaban J connectivity index is 1.86. The van der Waals surface area contributed by atoms with Gasteiger partial charge in [0.05, 0.1) is 17.7 Å². The molecule has 2 aromatic carbocycles. The third kappa shape index (κ3) is 3.56. The number of nitrogen functional groups attached to an aromatic ring is 1. The molecule has 2 unspecified atom stereocenters. The van der Waals surface area contributed by atoms with E-state index in [4.69, 9.17) is 18.3 Å².